The Morgan fingerprint density at radius 3 is 0.927 bits per heavy atom. The van der Waals surface area contributed by atoms with E-state index in [1.807, 2.05) is 90.0 Å². The van der Waals surface area contributed by atoms with Crippen molar-refractivity contribution < 1.29 is 109 Å². The first-order valence-electron chi connectivity index (χ1n) is 43.0. The lowest BCUT2D eigenvalue weighted by Gasteiger charge is -2.29. The molecule has 0 aromatic heterocycles. The molecule has 0 aromatic rings. The van der Waals surface area contributed by atoms with Gasteiger partial charge in [0, 0.05) is 77.2 Å². The Morgan fingerprint density at radius 1 is 0.229 bits per heavy atom. The molecular formula is C86H160O23. The first-order chi connectivity index (χ1) is 51.2. The fraction of sp³-hybridized carbons (Fsp3) is 1.00. The summed E-state index contributed by atoms with van der Waals surface area (Å²) in [4.78, 5) is 0. The van der Waals surface area contributed by atoms with Crippen molar-refractivity contribution in [2.45, 2.75) is 415 Å². The Hall–Kier alpha value is -0.920. The van der Waals surface area contributed by atoms with Gasteiger partial charge in [-0.25, -0.2) is 0 Å². The zero-order valence-electron chi connectivity index (χ0n) is 73.2. The molecule has 0 amide bonds. The lowest BCUT2D eigenvalue weighted by molar-refractivity contribution is -0.226. The van der Waals surface area contributed by atoms with E-state index >= 15 is 0 Å². The van der Waals surface area contributed by atoms with Crippen LogP contribution in [-0.4, -0.2) is 237 Å². The standard InChI is InChI=1S/3C13H22O5.C8H16O.C7H14O.3C6H12O.2C5H10O.C4H8O/c1-7-9-11(18-13(4,5)17-9)10(15-7)8-6-14-12(2,3)16-8;2*1-7-9(8-6-14-12(2,3)16-8)15-11-10(7)17-13(4,5)18-11;1-6-4-7(2)9-8(3)5-6;1-6-3-4-8-7(2)5-6;1-6-2-4-7-5-3-6;1-6-3-2-4-7-5-6;1-6-4-2-3-5-7-6;1-5-2-3-6-4-5;1-5-3-2-4-6-5;1-4-2-5-3-4/h3*7-11H,6H2,1-5H3;6-8H,4-5H2,1-3H3;6-7H,3-5H2,1-2H3;3*6H,2-5H2,1H3;2*5H,2-4H2,1H3;4H,2-3H2,1H3/t7?,8-,9-,10-,11-;7-,8+,9-,10+,11+;7-,8-,9+,10-,11-;;;;;;;;/m101......../s1. The van der Waals surface area contributed by atoms with Crippen LogP contribution in [0.3, 0.4) is 0 Å². The Bertz CT molecular complexity index is 2300. The van der Waals surface area contributed by atoms with Crippen LogP contribution < -0.4 is 0 Å². The molecule has 642 valence electrons. The van der Waals surface area contributed by atoms with Crippen LogP contribution in [0.15, 0.2) is 0 Å². The van der Waals surface area contributed by atoms with Crippen LogP contribution in [0.1, 0.15) is 270 Å². The molecule has 17 heterocycles. The SMILES string of the molecule is CC1CC(C)OC(C)C1.CC1CCCCO1.CC1CCCO1.CC1CCCOC1.CC1CCOC(C)C1.CC1CCOC1.CC1CCOCC1.CC1COC1.CC1O[C@H]([C@H]2COC(C)(C)O2)[C@@H]2OC(C)(C)O[C@H]12.C[C@@H]1[C@H]2OC(C)(C)O[C@H]2O[C@@H]1[C@H]1COC(C)(C)O1.C[C@H]1[C@H]2OC(C)(C)O[C@H]2O[C@@H]1[C@H]1COC(C)(C)O1. The van der Waals surface area contributed by atoms with Crippen molar-refractivity contribution in [2.24, 2.45) is 47.3 Å². The van der Waals surface area contributed by atoms with Gasteiger partial charge in [0.1, 0.15) is 48.8 Å². The fourth-order valence-electron chi connectivity index (χ4n) is 16.3. The van der Waals surface area contributed by atoms with E-state index in [2.05, 4.69) is 90.0 Å². The number of hydrogen-bond donors (Lipinski definition) is 0. The van der Waals surface area contributed by atoms with Gasteiger partial charge in [0.2, 0.25) is 0 Å². The van der Waals surface area contributed by atoms with E-state index in [4.69, 9.17) is 109 Å². The summed E-state index contributed by atoms with van der Waals surface area (Å²) >= 11 is 0. The van der Waals surface area contributed by atoms with Gasteiger partial charge in [-0.2, -0.15) is 0 Å². The number of ether oxygens (including phenoxy) is 23. The molecule has 0 N–H and O–H groups in total. The minimum absolute atomic E-state index is 0.0164. The maximum absolute atomic E-state index is 5.96. The summed E-state index contributed by atoms with van der Waals surface area (Å²) in [6.45, 7) is 66.0. The van der Waals surface area contributed by atoms with Gasteiger partial charge in [0.05, 0.1) is 81.9 Å². The molecule has 17 aliphatic rings. The Kier molecular flexibility index (Phi) is 39.1. The molecule has 109 heavy (non-hydrogen) atoms. The van der Waals surface area contributed by atoms with Crippen molar-refractivity contribution in [3.8, 4) is 0 Å². The van der Waals surface area contributed by atoms with Gasteiger partial charge in [-0.3, -0.25) is 0 Å². The van der Waals surface area contributed by atoms with Gasteiger partial charge >= 0.3 is 0 Å². The van der Waals surface area contributed by atoms with Crippen LogP contribution in [-0.2, 0) is 109 Å². The van der Waals surface area contributed by atoms with Gasteiger partial charge in [0.15, 0.2) is 47.3 Å². The molecule has 0 bridgehead atoms. The van der Waals surface area contributed by atoms with Crippen molar-refractivity contribution in [2.75, 3.05) is 92.5 Å². The monoisotopic (exact) mass is 1560 g/mol. The van der Waals surface area contributed by atoms with E-state index in [0.29, 0.717) is 50.3 Å². The summed E-state index contributed by atoms with van der Waals surface area (Å²) in [5, 5.41) is 0. The van der Waals surface area contributed by atoms with Gasteiger partial charge < -0.3 is 109 Å². The largest absolute Gasteiger partial charge is 0.381 e. The first kappa shape index (κ1) is 95.2. The normalized spacial score (nSPS) is 42.0. The van der Waals surface area contributed by atoms with Crippen molar-refractivity contribution in [1.29, 1.82) is 0 Å². The molecule has 23 nitrogen and oxygen atoms in total. The highest BCUT2D eigenvalue weighted by atomic mass is 16.9. The topological polar surface area (TPSA) is 212 Å². The van der Waals surface area contributed by atoms with Crippen LogP contribution >= 0.6 is 0 Å². The van der Waals surface area contributed by atoms with E-state index in [-0.39, 0.29) is 91.6 Å². The number of rotatable bonds is 3. The summed E-state index contributed by atoms with van der Waals surface area (Å²) in [5.74, 6) is 2.38. The average Bonchev–Trinajstić information content (AvgIpc) is 1.61. The molecule has 0 radical (unpaired) electrons. The zero-order chi connectivity index (χ0) is 80.1. The van der Waals surface area contributed by atoms with E-state index in [1.54, 1.807) is 0 Å². The second kappa shape index (κ2) is 44.8. The van der Waals surface area contributed by atoms with E-state index in [0.717, 1.165) is 108 Å². The quantitative estimate of drug-likeness (QED) is 0.257. The predicted molar refractivity (Wildman–Crippen MR) is 418 cm³/mol. The minimum Gasteiger partial charge on any atom is -0.381 e. The fourth-order valence-corrected chi connectivity index (χ4v) is 16.3. The van der Waals surface area contributed by atoms with Crippen molar-refractivity contribution >= 4 is 0 Å². The summed E-state index contributed by atoms with van der Waals surface area (Å²) in [6, 6.07) is 0. The van der Waals surface area contributed by atoms with E-state index in [1.165, 1.54) is 89.9 Å². The Labute approximate surface area is 660 Å². The summed E-state index contributed by atoms with van der Waals surface area (Å²) in [7, 11) is 0. The average molecular weight is 1560 g/mol. The van der Waals surface area contributed by atoms with Crippen molar-refractivity contribution in [3.05, 3.63) is 0 Å². The van der Waals surface area contributed by atoms with Crippen molar-refractivity contribution in [1.82, 2.24) is 0 Å². The third kappa shape index (κ3) is 33.4. The highest BCUT2D eigenvalue weighted by Crippen LogP contribution is 2.46. The highest BCUT2D eigenvalue weighted by Gasteiger charge is 2.60. The predicted octanol–water partition coefficient (Wildman–Crippen LogP) is 16.1. The molecule has 0 spiro atoms. The molecule has 9 unspecified atom stereocenters. The molecule has 0 aliphatic carbocycles. The second-order valence-corrected chi connectivity index (χ2v) is 37.2. The highest BCUT2D eigenvalue weighted by molar-refractivity contribution is 5.01. The summed E-state index contributed by atoms with van der Waals surface area (Å²) in [5.41, 5.74) is 0. The molecule has 23 atom stereocenters. The molecule has 17 aliphatic heterocycles. The third-order valence-electron chi connectivity index (χ3n) is 22.4. The molecule has 17 fully saturated rings. The van der Waals surface area contributed by atoms with Gasteiger partial charge in [0.25, 0.3) is 0 Å². The molecule has 23 heteroatoms. The van der Waals surface area contributed by atoms with Gasteiger partial charge in [-0.15, -0.1) is 0 Å². The van der Waals surface area contributed by atoms with Gasteiger partial charge in [-0.1, -0.05) is 55.4 Å². The first-order valence-corrected chi connectivity index (χ1v) is 43.0. The minimum atomic E-state index is -0.555. The smallest absolute Gasteiger partial charge is 0.187 e. The van der Waals surface area contributed by atoms with E-state index in [9.17, 15) is 0 Å². The van der Waals surface area contributed by atoms with Crippen LogP contribution in [0.4, 0.5) is 0 Å². The molecule has 0 saturated carbocycles. The van der Waals surface area contributed by atoms with E-state index < -0.39 is 34.7 Å². The lowest BCUT2D eigenvalue weighted by Crippen LogP contribution is -2.40. The van der Waals surface area contributed by atoms with Crippen molar-refractivity contribution in [3.63, 3.8) is 0 Å². The van der Waals surface area contributed by atoms with Crippen LogP contribution in [0.25, 0.3) is 0 Å². The maximum Gasteiger partial charge on any atom is 0.187 e. The summed E-state index contributed by atoms with van der Waals surface area (Å²) in [6.07, 6.45) is 19.4. The maximum atomic E-state index is 5.96. The Balaban J connectivity index is 0.000000172. The third-order valence-corrected chi connectivity index (χ3v) is 22.4. The lowest BCUT2D eigenvalue weighted by atomic mass is 9.95. The molecule has 0 aromatic carbocycles. The molecule has 17 rings (SSSR count). The van der Waals surface area contributed by atoms with Gasteiger partial charge in [-0.05, 0) is 244 Å². The molecule has 17 saturated heterocycles. The van der Waals surface area contributed by atoms with Crippen LogP contribution in [0.5, 0.6) is 0 Å². The van der Waals surface area contributed by atoms with Crippen LogP contribution in [0, 0.1) is 47.3 Å². The van der Waals surface area contributed by atoms with Crippen LogP contribution in [0.2, 0.25) is 0 Å². The molecular weight excluding hydrogens is 1400 g/mol. The summed E-state index contributed by atoms with van der Waals surface area (Å²) < 4.78 is 129. The second-order valence-electron chi connectivity index (χ2n) is 37.2. The Morgan fingerprint density at radius 2 is 0.624 bits per heavy atom. The number of hydrogen-bond acceptors (Lipinski definition) is 23. The number of fused-ring (bicyclic) bond motifs is 3. The zero-order valence-corrected chi connectivity index (χ0v) is 73.2.